The molecule has 0 aliphatic carbocycles. The van der Waals surface area contributed by atoms with Gasteiger partial charge in [-0.05, 0) is 76.5 Å². The molecular formula is C25H33N3O4S. The van der Waals surface area contributed by atoms with E-state index < -0.39 is 0 Å². The molecule has 33 heavy (non-hydrogen) atoms. The Bertz CT molecular complexity index is 933. The number of ether oxygens (including phenoxy) is 3. The number of para-hydroxylation sites is 2. The molecule has 0 saturated carbocycles. The van der Waals surface area contributed by atoms with Gasteiger partial charge in [0, 0.05) is 18.7 Å². The molecule has 0 bridgehead atoms. The summed E-state index contributed by atoms with van der Waals surface area (Å²) in [4.78, 5) is 15.4. The van der Waals surface area contributed by atoms with Gasteiger partial charge in [-0.3, -0.25) is 10.1 Å². The smallest absolute Gasteiger partial charge is 0.257 e. The first-order chi connectivity index (χ1) is 16.1. The summed E-state index contributed by atoms with van der Waals surface area (Å²) in [7, 11) is 0. The molecule has 8 heteroatoms. The predicted molar refractivity (Wildman–Crippen MR) is 136 cm³/mol. The second-order valence-corrected chi connectivity index (χ2v) is 7.98. The summed E-state index contributed by atoms with van der Waals surface area (Å²) in [5.41, 5.74) is 2.34. The summed E-state index contributed by atoms with van der Waals surface area (Å²) in [5, 5.41) is 6.20. The van der Waals surface area contributed by atoms with Crippen LogP contribution >= 0.6 is 12.2 Å². The van der Waals surface area contributed by atoms with Crippen LogP contribution in [0.25, 0.3) is 0 Å². The number of benzene rings is 2. The molecule has 2 N–H and O–H groups in total. The van der Waals surface area contributed by atoms with Crippen molar-refractivity contribution in [3.8, 4) is 17.2 Å². The maximum absolute atomic E-state index is 13.0. The standard InChI is InChI=1S/C25H33N3O4S/c1-4-30-21-16-18(17-22(31-5-2)23(21)32-6-3)24(29)27-25(33)26-19-12-8-9-13-20(19)28-14-10-7-11-15-28/h8-9,12-13,16-17H,4-7,10-11,14-15H2,1-3H3,(H2,26,27,29,33). The number of anilines is 2. The lowest BCUT2D eigenvalue weighted by Gasteiger charge is -2.30. The van der Waals surface area contributed by atoms with Crippen LogP contribution in [0.5, 0.6) is 17.2 Å². The first-order valence-electron chi connectivity index (χ1n) is 11.6. The Hall–Kier alpha value is -3.00. The molecule has 1 aliphatic heterocycles. The Labute approximate surface area is 201 Å². The number of carbonyl (C=O) groups is 1. The van der Waals surface area contributed by atoms with E-state index in [4.69, 9.17) is 26.4 Å². The van der Waals surface area contributed by atoms with Gasteiger partial charge in [-0.15, -0.1) is 0 Å². The highest BCUT2D eigenvalue weighted by molar-refractivity contribution is 7.80. The lowest BCUT2D eigenvalue weighted by Crippen LogP contribution is -2.35. The second kappa shape index (κ2) is 12.3. The van der Waals surface area contributed by atoms with Crippen molar-refractivity contribution in [2.24, 2.45) is 0 Å². The van der Waals surface area contributed by atoms with Crippen molar-refractivity contribution in [3.63, 3.8) is 0 Å². The molecule has 2 aromatic rings. The highest BCUT2D eigenvalue weighted by atomic mass is 32.1. The Morgan fingerprint density at radius 1 is 0.939 bits per heavy atom. The summed E-state index contributed by atoms with van der Waals surface area (Å²) in [6.45, 7) is 9.00. The molecule has 0 spiro atoms. The number of thiocarbonyl (C=S) groups is 1. The van der Waals surface area contributed by atoms with E-state index in [9.17, 15) is 4.79 Å². The van der Waals surface area contributed by atoms with Crippen molar-refractivity contribution >= 4 is 34.6 Å². The van der Waals surface area contributed by atoms with Crippen LogP contribution in [-0.4, -0.2) is 43.9 Å². The normalized spacial score (nSPS) is 13.2. The minimum absolute atomic E-state index is 0.231. The Kier molecular flexibility index (Phi) is 9.18. The lowest BCUT2D eigenvalue weighted by molar-refractivity contribution is 0.0976. The molecule has 1 aliphatic rings. The molecule has 0 unspecified atom stereocenters. The van der Waals surface area contributed by atoms with E-state index in [2.05, 4.69) is 21.6 Å². The van der Waals surface area contributed by atoms with Crippen molar-refractivity contribution in [1.29, 1.82) is 0 Å². The Balaban J connectivity index is 1.76. The van der Waals surface area contributed by atoms with Gasteiger partial charge >= 0.3 is 0 Å². The van der Waals surface area contributed by atoms with Crippen molar-refractivity contribution in [3.05, 3.63) is 42.0 Å². The number of carbonyl (C=O) groups excluding carboxylic acids is 1. The zero-order valence-corrected chi connectivity index (χ0v) is 20.4. The SMILES string of the molecule is CCOc1cc(C(=O)NC(=S)Nc2ccccc2N2CCCCC2)cc(OCC)c1OCC. The minimum atomic E-state index is -0.354. The van der Waals surface area contributed by atoms with Crippen LogP contribution in [0.1, 0.15) is 50.4 Å². The Morgan fingerprint density at radius 2 is 1.55 bits per heavy atom. The third-order valence-corrected chi connectivity index (χ3v) is 5.45. The maximum Gasteiger partial charge on any atom is 0.257 e. The number of rotatable bonds is 9. The highest BCUT2D eigenvalue weighted by Crippen LogP contribution is 2.39. The van der Waals surface area contributed by atoms with Crippen LogP contribution in [-0.2, 0) is 0 Å². The number of hydrogen-bond acceptors (Lipinski definition) is 6. The van der Waals surface area contributed by atoms with Gasteiger partial charge in [0.2, 0.25) is 5.75 Å². The van der Waals surface area contributed by atoms with Gasteiger partial charge in [0.1, 0.15) is 0 Å². The number of amides is 1. The average Bonchev–Trinajstić information content (AvgIpc) is 2.82. The lowest BCUT2D eigenvalue weighted by atomic mass is 10.1. The summed E-state index contributed by atoms with van der Waals surface area (Å²) >= 11 is 5.46. The molecule has 1 heterocycles. The van der Waals surface area contributed by atoms with Crippen LogP contribution in [0.4, 0.5) is 11.4 Å². The molecule has 0 atom stereocenters. The van der Waals surface area contributed by atoms with E-state index in [1.165, 1.54) is 19.3 Å². The predicted octanol–water partition coefficient (Wildman–Crippen LogP) is 5.00. The molecule has 2 aromatic carbocycles. The summed E-state index contributed by atoms with van der Waals surface area (Å²) in [5.74, 6) is 1.07. The molecule has 1 saturated heterocycles. The molecule has 7 nitrogen and oxygen atoms in total. The zero-order chi connectivity index (χ0) is 23.6. The number of nitrogens with zero attached hydrogens (tertiary/aromatic N) is 1. The van der Waals surface area contributed by atoms with Gasteiger partial charge in [-0.1, -0.05) is 12.1 Å². The van der Waals surface area contributed by atoms with E-state index in [1.807, 2.05) is 39.0 Å². The monoisotopic (exact) mass is 471 g/mol. The summed E-state index contributed by atoms with van der Waals surface area (Å²) in [6, 6.07) is 11.3. The largest absolute Gasteiger partial charge is 0.490 e. The van der Waals surface area contributed by atoms with Gasteiger partial charge in [-0.2, -0.15) is 0 Å². The van der Waals surface area contributed by atoms with E-state index in [0.717, 1.165) is 24.5 Å². The van der Waals surface area contributed by atoms with E-state index in [0.29, 0.717) is 42.6 Å². The van der Waals surface area contributed by atoms with Gasteiger partial charge in [-0.25, -0.2) is 0 Å². The number of nitrogens with one attached hydrogen (secondary N) is 2. The fourth-order valence-corrected chi connectivity index (χ4v) is 4.04. The van der Waals surface area contributed by atoms with Gasteiger partial charge in [0.25, 0.3) is 5.91 Å². The van der Waals surface area contributed by atoms with Crippen LogP contribution in [0, 0.1) is 0 Å². The first kappa shape index (κ1) is 24.6. The van der Waals surface area contributed by atoms with Crippen LogP contribution in [0.15, 0.2) is 36.4 Å². The van der Waals surface area contributed by atoms with Crippen LogP contribution in [0.2, 0.25) is 0 Å². The average molecular weight is 472 g/mol. The Morgan fingerprint density at radius 3 is 2.15 bits per heavy atom. The van der Waals surface area contributed by atoms with Gasteiger partial charge in [0.05, 0.1) is 31.2 Å². The summed E-state index contributed by atoms with van der Waals surface area (Å²) in [6.07, 6.45) is 3.62. The van der Waals surface area contributed by atoms with Gasteiger partial charge < -0.3 is 24.4 Å². The molecule has 0 radical (unpaired) electrons. The fraction of sp³-hybridized carbons (Fsp3) is 0.440. The zero-order valence-electron chi connectivity index (χ0n) is 19.6. The first-order valence-corrected chi connectivity index (χ1v) is 12.0. The number of piperidine rings is 1. The number of hydrogen-bond donors (Lipinski definition) is 2. The molecule has 1 fully saturated rings. The van der Waals surface area contributed by atoms with Crippen molar-refractivity contribution in [2.75, 3.05) is 43.1 Å². The second-order valence-electron chi connectivity index (χ2n) is 7.57. The van der Waals surface area contributed by atoms with Crippen LogP contribution in [0.3, 0.4) is 0 Å². The molecular weight excluding hydrogens is 438 g/mol. The molecule has 0 aromatic heterocycles. The summed E-state index contributed by atoms with van der Waals surface area (Å²) < 4.78 is 17.1. The maximum atomic E-state index is 13.0. The third kappa shape index (κ3) is 6.51. The van der Waals surface area contributed by atoms with E-state index in [-0.39, 0.29) is 11.0 Å². The van der Waals surface area contributed by atoms with Crippen molar-refractivity contribution in [1.82, 2.24) is 5.32 Å². The highest BCUT2D eigenvalue weighted by Gasteiger charge is 2.20. The topological polar surface area (TPSA) is 72.1 Å². The minimum Gasteiger partial charge on any atom is -0.490 e. The quantitative estimate of drug-likeness (QED) is 0.499. The van der Waals surface area contributed by atoms with E-state index in [1.54, 1.807) is 12.1 Å². The third-order valence-electron chi connectivity index (χ3n) is 5.25. The van der Waals surface area contributed by atoms with Crippen molar-refractivity contribution in [2.45, 2.75) is 40.0 Å². The molecule has 178 valence electrons. The van der Waals surface area contributed by atoms with E-state index >= 15 is 0 Å². The van der Waals surface area contributed by atoms with Gasteiger partial charge in [0.15, 0.2) is 16.6 Å². The molecule has 1 amide bonds. The molecule has 3 rings (SSSR count). The van der Waals surface area contributed by atoms with Crippen LogP contribution < -0.4 is 29.7 Å². The fourth-order valence-electron chi connectivity index (χ4n) is 3.84. The van der Waals surface area contributed by atoms with Crippen molar-refractivity contribution < 1.29 is 19.0 Å².